The molecule has 0 aliphatic rings. The van der Waals surface area contributed by atoms with Gasteiger partial charge < -0.3 is 20.4 Å². The van der Waals surface area contributed by atoms with Crippen molar-refractivity contribution in [2.24, 2.45) is 0 Å². The normalized spacial score (nSPS) is 11.5. The van der Waals surface area contributed by atoms with Crippen molar-refractivity contribution in [2.75, 3.05) is 6.61 Å². The highest BCUT2D eigenvalue weighted by atomic mass is 16.4. The molecule has 0 aliphatic carbocycles. The Hall–Kier alpha value is -1.14. The second-order valence-electron chi connectivity index (χ2n) is 7.24. The Kier molecular flexibility index (Phi) is 23.8. The molecule has 0 heterocycles. The van der Waals surface area contributed by atoms with Crippen molar-refractivity contribution >= 4 is 11.9 Å². The first-order valence-electron chi connectivity index (χ1n) is 10.6. The van der Waals surface area contributed by atoms with E-state index >= 15 is 0 Å². The van der Waals surface area contributed by atoms with Crippen molar-refractivity contribution in [2.45, 2.75) is 116 Å². The van der Waals surface area contributed by atoms with E-state index in [1.807, 2.05) is 6.92 Å². The van der Waals surface area contributed by atoms with Crippen molar-refractivity contribution in [3.05, 3.63) is 0 Å². The first-order valence-corrected chi connectivity index (χ1v) is 10.6. The zero-order valence-electron chi connectivity index (χ0n) is 17.2. The number of unbranched alkanes of at least 4 members (excludes halogenated alkanes) is 11. The van der Waals surface area contributed by atoms with Gasteiger partial charge in [-0.1, -0.05) is 64.2 Å². The lowest BCUT2D eigenvalue weighted by Gasteiger charge is -2.03. The van der Waals surface area contributed by atoms with Crippen LogP contribution in [0.1, 0.15) is 110 Å². The number of carbonyl (C=O) groups is 2. The Morgan fingerprint density at radius 1 is 0.630 bits per heavy atom. The zero-order valence-corrected chi connectivity index (χ0v) is 17.2. The van der Waals surface area contributed by atoms with E-state index in [4.69, 9.17) is 20.4 Å². The minimum atomic E-state index is -0.695. The number of aliphatic hydroxyl groups is 2. The van der Waals surface area contributed by atoms with Crippen LogP contribution in [0.4, 0.5) is 0 Å². The van der Waals surface area contributed by atoms with Gasteiger partial charge in [-0.2, -0.15) is 0 Å². The molecule has 0 radical (unpaired) electrons. The monoisotopic (exact) mass is 390 g/mol. The fraction of sp³-hybridized carbons (Fsp3) is 0.905. The molecule has 0 fully saturated rings. The number of carboxylic acids is 2. The molecule has 0 spiro atoms. The Labute approximate surface area is 165 Å². The number of hydrogen-bond donors (Lipinski definition) is 4. The van der Waals surface area contributed by atoms with Gasteiger partial charge >= 0.3 is 11.9 Å². The molecular weight excluding hydrogens is 348 g/mol. The van der Waals surface area contributed by atoms with Crippen LogP contribution < -0.4 is 0 Å². The van der Waals surface area contributed by atoms with Crippen LogP contribution in [-0.2, 0) is 9.59 Å². The number of hydrogen-bond acceptors (Lipinski definition) is 4. The van der Waals surface area contributed by atoms with Gasteiger partial charge in [-0.15, -0.1) is 0 Å². The summed E-state index contributed by atoms with van der Waals surface area (Å²) in [6, 6.07) is 0. The molecule has 0 saturated heterocycles. The highest BCUT2D eigenvalue weighted by Gasteiger charge is 1.98. The standard InChI is InChI=1S/C11H22O3.C10H20O3/c1-10(12)8-6-4-2-3-5-7-9-11(13)14;11-9-7-5-3-1-2-4-6-8-10(12)13/h10,12H,2-9H2,1H3,(H,13,14);11H,1-9H2,(H,12,13). The van der Waals surface area contributed by atoms with Crippen LogP contribution >= 0.6 is 0 Å². The van der Waals surface area contributed by atoms with E-state index in [-0.39, 0.29) is 6.10 Å². The van der Waals surface area contributed by atoms with Crippen molar-refractivity contribution in [3.8, 4) is 0 Å². The molecule has 0 rings (SSSR count). The lowest BCUT2D eigenvalue weighted by Crippen LogP contribution is -1.98. The molecule has 0 aromatic heterocycles. The third-order valence-electron chi connectivity index (χ3n) is 4.31. The van der Waals surface area contributed by atoms with Gasteiger partial charge in [0.25, 0.3) is 0 Å². The molecule has 6 heteroatoms. The first-order chi connectivity index (χ1) is 12.9. The van der Waals surface area contributed by atoms with E-state index in [9.17, 15) is 9.59 Å². The van der Waals surface area contributed by atoms with Crippen LogP contribution in [0.25, 0.3) is 0 Å². The predicted molar refractivity (Wildman–Crippen MR) is 108 cm³/mol. The Morgan fingerprint density at radius 3 is 1.30 bits per heavy atom. The molecule has 1 unspecified atom stereocenters. The first kappa shape index (κ1) is 28.1. The summed E-state index contributed by atoms with van der Waals surface area (Å²) in [4.78, 5) is 20.3. The average Bonchev–Trinajstić information content (AvgIpc) is 2.59. The summed E-state index contributed by atoms with van der Waals surface area (Å²) in [6.45, 7) is 2.10. The van der Waals surface area contributed by atoms with E-state index in [0.717, 1.165) is 83.5 Å². The minimum absolute atomic E-state index is 0.179. The van der Waals surface area contributed by atoms with E-state index in [0.29, 0.717) is 19.4 Å². The van der Waals surface area contributed by atoms with Gasteiger partial charge in [-0.05, 0) is 32.6 Å². The Balaban J connectivity index is 0. The quantitative estimate of drug-likeness (QED) is 0.251. The third kappa shape index (κ3) is 32.9. The average molecular weight is 391 g/mol. The molecule has 0 aromatic rings. The predicted octanol–water partition coefficient (Wildman–Crippen LogP) is 4.76. The number of aliphatic hydroxyl groups excluding tert-OH is 2. The van der Waals surface area contributed by atoms with Crippen LogP contribution in [0.3, 0.4) is 0 Å². The second-order valence-corrected chi connectivity index (χ2v) is 7.24. The summed E-state index contributed by atoms with van der Waals surface area (Å²) in [5, 5.41) is 34.2. The highest BCUT2D eigenvalue weighted by Crippen LogP contribution is 2.10. The number of carboxylic acid groups (broad SMARTS) is 2. The van der Waals surface area contributed by atoms with Gasteiger partial charge in [0, 0.05) is 19.4 Å². The lowest BCUT2D eigenvalue weighted by molar-refractivity contribution is -0.138. The van der Waals surface area contributed by atoms with Gasteiger partial charge in [0.2, 0.25) is 0 Å². The van der Waals surface area contributed by atoms with Gasteiger partial charge in [0.15, 0.2) is 0 Å². The summed E-state index contributed by atoms with van der Waals surface area (Å²) >= 11 is 0. The van der Waals surface area contributed by atoms with Crippen molar-refractivity contribution < 1.29 is 30.0 Å². The molecular formula is C21H42O6. The molecule has 0 amide bonds. The van der Waals surface area contributed by atoms with Crippen molar-refractivity contribution in [1.29, 1.82) is 0 Å². The fourth-order valence-corrected chi connectivity index (χ4v) is 2.69. The summed E-state index contributed by atoms with van der Waals surface area (Å²) in [7, 11) is 0. The summed E-state index contributed by atoms with van der Waals surface area (Å²) in [5.41, 5.74) is 0. The maximum Gasteiger partial charge on any atom is 0.303 e. The van der Waals surface area contributed by atoms with E-state index in [1.54, 1.807) is 0 Å². The molecule has 0 aromatic carbocycles. The SMILES string of the molecule is CC(O)CCCCCCCCC(=O)O.O=C(O)CCCCCCCCCO. The van der Waals surface area contributed by atoms with Crippen LogP contribution in [0.2, 0.25) is 0 Å². The second kappa shape index (κ2) is 22.9. The van der Waals surface area contributed by atoms with Gasteiger partial charge in [-0.25, -0.2) is 0 Å². The zero-order chi connectivity index (χ0) is 20.8. The topological polar surface area (TPSA) is 115 Å². The Bertz CT molecular complexity index is 331. The van der Waals surface area contributed by atoms with E-state index in [2.05, 4.69) is 0 Å². The molecule has 6 nitrogen and oxygen atoms in total. The van der Waals surface area contributed by atoms with Crippen molar-refractivity contribution in [3.63, 3.8) is 0 Å². The third-order valence-corrected chi connectivity index (χ3v) is 4.31. The smallest absolute Gasteiger partial charge is 0.303 e. The van der Waals surface area contributed by atoms with E-state index < -0.39 is 11.9 Å². The van der Waals surface area contributed by atoms with Gasteiger partial charge in [0.1, 0.15) is 0 Å². The van der Waals surface area contributed by atoms with Crippen LogP contribution in [0.15, 0.2) is 0 Å². The van der Waals surface area contributed by atoms with E-state index in [1.165, 1.54) is 6.42 Å². The minimum Gasteiger partial charge on any atom is -0.481 e. The van der Waals surface area contributed by atoms with Crippen LogP contribution in [0, 0.1) is 0 Å². The maximum absolute atomic E-state index is 10.2. The largest absolute Gasteiger partial charge is 0.481 e. The molecule has 27 heavy (non-hydrogen) atoms. The van der Waals surface area contributed by atoms with Crippen LogP contribution in [-0.4, -0.2) is 45.1 Å². The highest BCUT2D eigenvalue weighted by molar-refractivity contribution is 5.66. The molecule has 4 N–H and O–H groups in total. The van der Waals surface area contributed by atoms with Gasteiger partial charge in [-0.3, -0.25) is 9.59 Å². The molecule has 1 atom stereocenters. The lowest BCUT2D eigenvalue weighted by atomic mass is 10.1. The van der Waals surface area contributed by atoms with Crippen LogP contribution in [0.5, 0.6) is 0 Å². The molecule has 0 aliphatic heterocycles. The molecule has 162 valence electrons. The number of rotatable bonds is 18. The summed E-state index contributed by atoms with van der Waals surface area (Å²) in [6.07, 6.45) is 14.9. The summed E-state index contributed by atoms with van der Waals surface area (Å²) < 4.78 is 0. The number of aliphatic carboxylic acids is 2. The summed E-state index contributed by atoms with van der Waals surface area (Å²) in [5.74, 6) is -1.39. The molecule has 0 saturated carbocycles. The van der Waals surface area contributed by atoms with Crippen molar-refractivity contribution in [1.82, 2.24) is 0 Å². The Morgan fingerprint density at radius 2 is 0.963 bits per heavy atom. The van der Waals surface area contributed by atoms with Gasteiger partial charge in [0.05, 0.1) is 6.10 Å². The molecule has 0 bridgehead atoms. The fourth-order valence-electron chi connectivity index (χ4n) is 2.69. The maximum atomic E-state index is 10.2.